The zero-order valence-electron chi connectivity index (χ0n) is 6.14. The predicted octanol–water partition coefficient (Wildman–Crippen LogP) is 2.14. The van der Waals surface area contributed by atoms with Crippen LogP contribution in [0.1, 0.15) is 19.8 Å². The van der Waals surface area contributed by atoms with Crippen molar-refractivity contribution in [1.29, 1.82) is 0 Å². The Labute approximate surface area is 81.1 Å². The first-order chi connectivity index (χ1) is 4.81. The third kappa shape index (κ3) is 7.08. The molecule has 1 nitrogen and oxygen atoms in total. The molecule has 0 aliphatic carbocycles. The van der Waals surface area contributed by atoms with Crippen molar-refractivity contribution in [2.45, 2.75) is 24.2 Å². The van der Waals surface area contributed by atoms with Crippen molar-refractivity contribution in [2.24, 2.45) is 0 Å². The summed E-state index contributed by atoms with van der Waals surface area (Å²) < 4.78 is 4.49. The molecule has 0 aliphatic heterocycles. The fourth-order valence-corrected chi connectivity index (χ4v) is 3.67. The van der Waals surface area contributed by atoms with E-state index >= 15 is 0 Å². The second-order valence-corrected chi connectivity index (χ2v) is 5.76. The summed E-state index contributed by atoms with van der Waals surface area (Å²) in [7, 11) is 0. The van der Waals surface area contributed by atoms with Gasteiger partial charge in [0.2, 0.25) is 0 Å². The first-order valence-corrected chi connectivity index (χ1v) is 7.17. The Hall–Kier alpha value is 0.970. The van der Waals surface area contributed by atoms with E-state index in [0.29, 0.717) is 0 Å². The summed E-state index contributed by atoms with van der Waals surface area (Å²) in [5.41, 5.74) is 0. The van der Waals surface area contributed by atoms with Crippen molar-refractivity contribution in [2.75, 3.05) is 6.61 Å². The van der Waals surface area contributed by atoms with E-state index in [1.807, 2.05) is 0 Å². The molecule has 0 radical (unpaired) electrons. The zero-order chi connectivity index (χ0) is 7.82. The summed E-state index contributed by atoms with van der Waals surface area (Å²) in [6.07, 6.45) is 2.62. The molecule has 0 fully saturated rings. The van der Waals surface area contributed by atoms with Crippen molar-refractivity contribution in [3.8, 4) is 0 Å². The molecular formula is C7H13BrOTe. The molecule has 0 saturated carbocycles. The van der Waals surface area contributed by atoms with Crippen LogP contribution in [-0.4, -0.2) is 32.6 Å². The fourth-order valence-electron chi connectivity index (χ4n) is 0.414. The normalized spacial score (nSPS) is 12.1. The predicted molar refractivity (Wildman–Crippen MR) is 49.6 cm³/mol. The molecule has 1 N–H and O–H groups in total. The van der Waals surface area contributed by atoms with Gasteiger partial charge in [-0.2, -0.15) is 0 Å². The van der Waals surface area contributed by atoms with Crippen LogP contribution in [0, 0.1) is 0 Å². The van der Waals surface area contributed by atoms with E-state index in [9.17, 15) is 0 Å². The molecule has 0 saturated heterocycles. The summed E-state index contributed by atoms with van der Waals surface area (Å²) in [6.45, 7) is 2.37. The SMILES string of the molecule is CCCC[Te]/C=C(\Br)CO. The van der Waals surface area contributed by atoms with Crippen LogP contribution in [0.15, 0.2) is 8.61 Å². The van der Waals surface area contributed by atoms with Gasteiger partial charge in [-0.1, -0.05) is 0 Å². The second-order valence-electron chi connectivity index (χ2n) is 1.95. The fraction of sp³-hybridized carbons (Fsp3) is 0.714. The van der Waals surface area contributed by atoms with Gasteiger partial charge in [0.15, 0.2) is 0 Å². The summed E-state index contributed by atoms with van der Waals surface area (Å²) in [4.78, 5) is 0. The number of rotatable bonds is 5. The van der Waals surface area contributed by atoms with Gasteiger partial charge < -0.3 is 0 Å². The number of hydrogen-bond donors (Lipinski definition) is 1. The van der Waals surface area contributed by atoms with Crippen molar-refractivity contribution >= 4 is 36.9 Å². The molecule has 0 bridgehead atoms. The number of aliphatic hydroxyl groups is 1. The summed E-state index contributed by atoms with van der Waals surface area (Å²) in [6, 6.07) is 0. The average Bonchev–Trinajstić information content (AvgIpc) is 1.98. The molecule has 0 atom stereocenters. The molecular weight excluding hydrogens is 308 g/mol. The quantitative estimate of drug-likeness (QED) is 0.608. The van der Waals surface area contributed by atoms with Gasteiger partial charge in [-0.05, 0) is 0 Å². The molecule has 0 spiro atoms. The van der Waals surface area contributed by atoms with Crippen LogP contribution in [0.5, 0.6) is 0 Å². The summed E-state index contributed by atoms with van der Waals surface area (Å²) in [5, 5.41) is 8.60. The number of hydrogen-bond acceptors (Lipinski definition) is 1. The molecule has 0 aromatic carbocycles. The van der Waals surface area contributed by atoms with Crippen LogP contribution in [-0.2, 0) is 0 Å². The van der Waals surface area contributed by atoms with Gasteiger partial charge in [-0.15, -0.1) is 0 Å². The van der Waals surface area contributed by atoms with Crippen LogP contribution >= 0.6 is 15.9 Å². The van der Waals surface area contributed by atoms with Gasteiger partial charge in [0.05, 0.1) is 0 Å². The molecule has 0 amide bonds. The molecule has 0 heterocycles. The van der Waals surface area contributed by atoms with E-state index < -0.39 is 0 Å². The minimum absolute atomic E-state index is 0.0437. The molecule has 3 heteroatoms. The Bertz CT molecular complexity index is 104. The average molecular weight is 321 g/mol. The zero-order valence-corrected chi connectivity index (χ0v) is 10.1. The second kappa shape index (κ2) is 8.07. The molecule has 0 aromatic heterocycles. The molecule has 0 aliphatic rings. The Morgan fingerprint density at radius 3 is 2.90 bits per heavy atom. The molecule has 10 heavy (non-hydrogen) atoms. The van der Waals surface area contributed by atoms with Crippen molar-refractivity contribution in [3.05, 3.63) is 8.61 Å². The van der Waals surface area contributed by atoms with Crippen molar-refractivity contribution in [1.82, 2.24) is 0 Å². The van der Waals surface area contributed by atoms with Crippen molar-refractivity contribution < 1.29 is 5.11 Å². The third-order valence-corrected chi connectivity index (χ3v) is 5.18. The van der Waals surface area contributed by atoms with E-state index in [1.165, 1.54) is 17.3 Å². The molecule has 0 unspecified atom stereocenters. The number of aliphatic hydroxyl groups excluding tert-OH is 1. The van der Waals surface area contributed by atoms with Gasteiger partial charge in [-0.3, -0.25) is 0 Å². The monoisotopic (exact) mass is 322 g/mol. The Balaban J connectivity index is 3.16. The van der Waals surface area contributed by atoms with Gasteiger partial charge in [0.1, 0.15) is 0 Å². The standard InChI is InChI=1S/C7H13BrOTe/c1-2-3-4-10-6-7(8)5-9/h6,9H,2-5H2,1H3/b7-6-. The van der Waals surface area contributed by atoms with E-state index in [0.717, 1.165) is 4.48 Å². The van der Waals surface area contributed by atoms with E-state index in [2.05, 4.69) is 27.0 Å². The third-order valence-electron chi connectivity index (χ3n) is 0.978. The topological polar surface area (TPSA) is 20.2 Å². The van der Waals surface area contributed by atoms with Gasteiger partial charge in [-0.25, -0.2) is 0 Å². The van der Waals surface area contributed by atoms with E-state index in [-0.39, 0.29) is 27.5 Å². The van der Waals surface area contributed by atoms with Crippen molar-refractivity contribution in [3.63, 3.8) is 0 Å². The van der Waals surface area contributed by atoms with Crippen LogP contribution < -0.4 is 0 Å². The Kier molecular flexibility index (Phi) is 8.85. The van der Waals surface area contributed by atoms with Crippen LogP contribution in [0.2, 0.25) is 4.47 Å². The van der Waals surface area contributed by atoms with E-state index in [1.54, 1.807) is 0 Å². The van der Waals surface area contributed by atoms with Gasteiger partial charge in [0.25, 0.3) is 0 Å². The minimum atomic E-state index is 0.0437. The van der Waals surface area contributed by atoms with Crippen LogP contribution in [0.25, 0.3) is 0 Å². The van der Waals surface area contributed by atoms with Crippen LogP contribution in [0.3, 0.4) is 0 Å². The first-order valence-electron chi connectivity index (χ1n) is 3.38. The van der Waals surface area contributed by atoms with Gasteiger partial charge in [0, 0.05) is 0 Å². The van der Waals surface area contributed by atoms with E-state index in [4.69, 9.17) is 5.11 Å². The maximum absolute atomic E-state index is 8.60. The van der Waals surface area contributed by atoms with Gasteiger partial charge >= 0.3 is 81.4 Å². The number of unbranched alkanes of at least 4 members (excludes halogenated alkanes) is 1. The molecule has 0 aromatic rings. The summed E-state index contributed by atoms with van der Waals surface area (Å²) in [5.74, 6) is 0. The first kappa shape index (κ1) is 11.0. The molecule has 60 valence electrons. The summed E-state index contributed by atoms with van der Waals surface area (Å²) >= 11 is 3.32. The molecule has 0 rings (SSSR count). The number of halogens is 1. The maximum atomic E-state index is 8.60. The Morgan fingerprint density at radius 1 is 1.70 bits per heavy atom. The Morgan fingerprint density at radius 2 is 2.40 bits per heavy atom. The van der Waals surface area contributed by atoms with Crippen LogP contribution in [0.4, 0.5) is 0 Å².